The van der Waals surface area contributed by atoms with Crippen LogP contribution in [0.4, 0.5) is 0 Å². The van der Waals surface area contributed by atoms with Crippen LogP contribution >= 0.6 is 7.82 Å². The summed E-state index contributed by atoms with van der Waals surface area (Å²) < 4.78 is 34.3. The van der Waals surface area contributed by atoms with Crippen molar-refractivity contribution in [2.45, 2.75) is 315 Å². The second-order valence-electron chi connectivity index (χ2n) is 25.2. The van der Waals surface area contributed by atoms with Crippen LogP contribution in [0.2, 0.25) is 0 Å². The number of hydrogen-bond acceptors (Lipinski definition) is 8. The molecule has 0 aliphatic rings. The van der Waals surface area contributed by atoms with E-state index in [1.807, 2.05) is 21.1 Å². The largest absolute Gasteiger partial charge is 0.756 e. The van der Waals surface area contributed by atoms with Crippen molar-refractivity contribution in [3.63, 3.8) is 0 Å². The van der Waals surface area contributed by atoms with Gasteiger partial charge in [0.15, 0.2) is 6.10 Å². The molecule has 9 nitrogen and oxygen atoms in total. The van der Waals surface area contributed by atoms with Gasteiger partial charge in [-0.15, -0.1) is 0 Å². The minimum atomic E-state index is -4.65. The maximum atomic E-state index is 12.9. The number of likely N-dealkylation sites (N-methyl/N-ethyl adjacent to an activating group) is 1. The van der Waals surface area contributed by atoms with Crippen LogP contribution < -0.4 is 4.89 Å². The molecule has 0 spiro atoms. The van der Waals surface area contributed by atoms with E-state index in [0.29, 0.717) is 17.4 Å². The van der Waals surface area contributed by atoms with Crippen LogP contribution in [0.3, 0.4) is 0 Å². The number of carbonyl (C=O) groups excluding carboxylic acids is 2. The standard InChI is InChI=1S/C78H136NO8P/c1-6-8-10-12-14-16-18-20-22-24-26-28-30-32-34-36-38-39-41-42-44-46-48-50-52-54-56-58-60-62-64-66-68-70-77(80)84-74-76(75-86-88(82,83)85-73-72-79(3,4)5)87-78(81)71-69-67-65-63-61-59-57-55-53-51-49-47-45-43-40-37-35-33-31-29-27-25-23-21-19-17-15-13-11-9-7-2/h9,11,15,17-18,20-21,23-24,26-27,29-30,32-33,35,40,43,47,49,76H,6-8,10,12-14,16,19,22,25,28,31,34,36-39,41-42,44-46,48,50-75H2,1-5H3/b11-9-,17-15-,20-18-,23-21-,26-24-,29-27-,32-30-,35-33-,43-40-,49-47-. The van der Waals surface area contributed by atoms with Crippen LogP contribution in [-0.2, 0) is 32.7 Å². The highest BCUT2D eigenvalue weighted by Gasteiger charge is 2.22. The number of carbonyl (C=O) groups is 2. The molecule has 2 unspecified atom stereocenters. The minimum Gasteiger partial charge on any atom is -0.756 e. The molecule has 0 saturated carbocycles. The number of quaternary nitrogens is 1. The third-order valence-electron chi connectivity index (χ3n) is 15.5. The first kappa shape index (κ1) is 84.4. The van der Waals surface area contributed by atoms with Crippen LogP contribution in [0.25, 0.3) is 0 Å². The van der Waals surface area contributed by atoms with Crippen molar-refractivity contribution < 1.29 is 42.1 Å². The van der Waals surface area contributed by atoms with Crippen LogP contribution in [0.15, 0.2) is 122 Å². The summed E-state index contributed by atoms with van der Waals surface area (Å²) in [5.41, 5.74) is 0. The normalized spacial score (nSPS) is 13.8. The topological polar surface area (TPSA) is 111 Å². The molecule has 0 aromatic rings. The summed E-state index contributed by atoms with van der Waals surface area (Å²) >= 11 is 0. The zero-order valence-electron chi connectivity index (χ0n) is 57.6. The van der Waals surface area contributed by atoms with Crippen LogP contribution in [-0.4, -0.2) is 70.0 Å². The second kappa shape index (κ2) is 67.8. The lowest BCUT2D eigenvalue weighted by Gasteiger charge is -2.28. The number of phosphoric ester groups is 1. The third-order valence-corrected chi connectivity index (χ3v) is 16.4. The fourth-order valence-corrected chi connectivity index (χ4v) is 10.7. The average Bonchev–Trinajstić information content (AvgIpc) is 3.68. The van der Waals surface area contributed by atoms with Gasteiger partial charge in [0.2, 0.25) is 0 Å². The van der Waals surface area contributed by atoms with E-state index < -0.39 is 26.5 Å². The number of rotatable bonds is 66. The monoisotopic (exact) mass is 1250 g/mol. The van der Waals surface area contributed by atoms with Crippen molar-refractivity contribution in [3.8, 4) is 0 Å². The number of esters is 2. The van der Waals surface area contributed by atoms with Gasteiger partial charge in [-0.1, -0.05) is 309 Å². The van der Waals surface area contributed by atoms with Gasteiger partial charge >= 0.3 is 11.9 Å². The number of ether oxygens (including phenoxy) is 2. The molecule has 0 saturated heterocycles. The summed E-state index contributed by atoms with van der Waals surface area (Å²) in [5, 5.41) is 0. The molecule has 506 valence electrons. The van der Waals surface area contributed by atoms with Crippen LogP contribution in [0.5, 0.6) is 0 Å². The van der Waals surface area contributed by atoms with Gasteiger partial charge in [-0.05, 0) is 109 Å². The molecule has 0 rings (SSSR count). The van der Waals surface area contributed by atoms with Crippen molar-refractivity contribution in [1.82, 2.24) is 0 Å². The van der Waals surface area contributed by atoms with Gasteiger partial charge in [-0.3, -0.25) is 14.2 Å². The lowest BCUT2D eigenvalue weighted by atomic mass is 10.0. The molecule has 2 atom stereocenters. The molecular weight excluding hydrogens is 1110 g/mol. The lowest BCUT2D eigenvalue weighted by molar-refractivity contribution is -0.870. The molecule has 0 aliphatic heterocycles. The number of nitrogens with zero attached hydrogens (tertiary/aromatic N) is 1. The van der Waals surface area contributed by atoms with Gasteiger partial charge in [-0.25, -0.2) is 0 Å². The van der Waals surface area contributed by atoms with Crippen molar-refractivity contribution in [1.29, 1.82) is 0 Å². The first-order valence-electron chi connectivity index (χ1n) is 36.2. The molecule has 0 aliphatic carbocycles. The van der Waals surface area contributed by atoms with Gasteiger partial charge in [0, 0.05) is 12.8 Å². The Bertz CT molecular complexity index is 1900. The Morgan fingerprint density at radius 3 is 0.966 bits per heavy atom. The first-order valence-corrected chi connectivity index (χ1v) is 37.7. The second-order valence-corrected chi connectivity index (χ2v) is 26.6. The maximum Gasteiger partial charge on any atom is 0.306 e. The SMILES string of the molecule is CC/C=C\C/C=C\C/C=C\C/C=C\C/C=C\C/C=C\C/C=C\CCCCCCCCCCCC(=O)OC(COC(=O)CCCCCCCCCCCCCCCCCCCC/C=C\C/C=C\C/C=C\CCCCCCC)COP(=O)([O-])OCC[N+](C)(C)C. The van der Waals surface area contributed by atoms with E-state index >= 15 is 0 Å². The van der Waals surface area contributed by atoms with Crippen molar-refractivity contribution in [2.75, 3.05) is 47.5 Å². The lowest BCUT2D eigenvalue weighted by Crippen LogP contribution is -2.37. The molecule has 0 fully saturated rings. The quantitative estimate of drug-likeness (QED) is 0.0195. The fourth-order valence-electron chi connectivity index (χ4n) is 9.94. The molecule has 0 amide bonds. The molecule has 0 aromatic carbocycles. The predicted molar refractivity (Wildman–Crippen MR) is 378 cm³/mol. The van der Waals surface area contributed by atoms with Gasteiger partial charge < -0.3 is 27.9 Å². The number of unbranched alkanes of at least 4 members (excludes halogenated alkanes) is 32. The van der Waals surface area contributed by atoms with E-state index in [9.17, 15) is 19.0 Å². The summed E-state index contributed by atoms with van der Waals surface area (Å²) in [4.78, 5) is 38.1. The van der Waals surface area contributed by atoms with Gasteiger partial charge in [0.1, 0.15) is 19.8 Å². The van der Waals surface area contributed by atoms with E-state index in [1.165, 1.54) is 173 Å². The molecule has 10 heteroatoms. The number of hydrogen-bond donors (Lipinski definition) is 0. The highest BCUT2D eigenvalue weighted by Crippen LogP contribution is 2.38. The Morgan fingerprint density at radius 2 is 0.648 bits per heavy atom. The van der Waals surface area contributed by atoms with Gasteiger partial charge in [-0.2, -0.15) is 0 Å². The highest BCUT2D eigenvalue weighted by molar-refractivity contribution is 7.45. The van der Waals surface area contributed by atoms with Crippen molar-refractivity contribution in [3.05, 3.63) is 122 Å². The zero-order chi connectivity index (χ0) is 64.1. The zero-order valence-corrected chi connectivity index (χ0v) is 58.5. The molecule has 0 N–H and O–H groups in total. The fraction of sp³-hybridized carbons (Fsp3) is 0.718. The highest BCUT2D eigenvalue weighted by atomic mass is 31.2. The molecular formula is C78H136NO8P. The Balaban J connectivity index is 4.06. The molecule has 88 heavy (non-hydrogen) atoms. The van der Waals surface area contributed by atoms with E-state index in [4.69, 9.17) is 18.5 Å². The summed E-state index contributed by atoms with van der Waals surface area (Å²) in [6.45, 7) is 4.13. The summed E-state index contributed by atoms with van der Waals surface area (Å²) in [6.07, 6.45) is 97.1. The van der Waals surface area contributed by atoms with Crippen LogP contribution in [0.1, 0.15) is 309 Å². The van der Waals surface area contributed by atoms with E-state index in [0.717, 1.165) is 103 Å². The Labute approximate surface area is 543 Å². The van der Waals surface area contributed by atoms with E-state index in [2.05, 4.69) is 135 Å². The molecule has 0 heterocycles. The minimum absolute atomic E-state index is 0.0366. The Hall–Kier alpha value is -3.59. The molecule has 0 bridgehead atoms. The predicted octanol–water partition coefficient (Wildman–Crippen LogP) is 23.2. The first-order chi connectivity index (χ1) is 43.0. The smallest absolute Gasteiger partial charge is 0.306 e. The Morgan fingerprint density at radius 1 is 0.364 bits per heavy atom. The molecule has 0 aromatic heterocycles. The van der Waals surface area contributed by atoms with E-state index in [-0.39, 0.29) is 32.0 Å². The van der Waals surface area contributed by atoms with Gasteiger partial charge in [0.25, 0.3) is 7.82 Å². The van der Waals surface area contributed by atoms with Crippen molar-refractivity contribution in [2.24, 2.45) is 0 Å². The van der Waals surface area contributed by atoms with E-state index in [1.54, 1.807) is 0 Å². The van der Waals surface area contributed by atoms with Gasteiger partial charge in [0.05, 0.1) is 27.7 Å². The Kier molecular flexibility index (Phi) is 65.0. The summed E-state index contributed by atoms with van der Waals surface area (Å²) in [5.74, 6) is -0.837. The number of allylic oxidation sites excluding steroid dienone is 20. The van der Waals surface area contributed by atoms with Crippen molar-refractivity contribution >= 4 is 19.8 Å². The third kappa shape index (κ3) is 71.5. The average molecular weight is 1250 g/mol. The summed E-state index contributed by atoms with van der Waals surface area (Å²) in [6, 6.07) is 0. The maximum absolute atomic E-state index is 12.9. The molecule has 0 radical (unpaired) electrons. The number of phosphoric acid groups is 1. The summed E-state index contributed by atoms with van der Waals surface area (Å²) in [7, 11) is 1.16. The van der Waals surface area contributed by atoms with Crippen LogP contribution in [0, 0.1) is 0 Å².